The topological polar surface area (TPSA) is 52.7 Å². The Labute approximate surface area is 109 Å². The molecule has 1 aromatic carbocycles. The SMILES string of the molecule is CN(C)C1CCN(Cc2cc(N)ccc2O)CC1. The number of anilines is 1. The molecule has 0 aliphatic carbocycles. The van der Waals surface area contributed by atoms with Crippen LogP contribution in [0.15, 0.2) is 18.2 Å². The number of nitrogen functional groups attached to an aromatic ring is 1. The Balaban J connectivity index is 1.93. The van der Waals surface area contributed by atoms with Crippen LogP contribution in [0.4, 0.5) is 5.69 Å². The van der Waals surface area contributed by atoms with Crippen molar-refractivity contribution in [1.82, 2.24) is 9.80 Å². The van der Waals surface area contributed by atoms with Crippen molar-refractivity contribution in [2.24, 2.45) is 0 Å². The Morgan fingerprint density at radius 1 is 1.33 bits per heavy atom. The fourth-order valence-corrected chi connectivity index (χ4v) is 2.57. The number of rotatable bonds is 3. The summed E-state index contributed by atoms with van der Waals surface area (Å²) in [5.74, 6) is 0.346. The molecule has 1 aliphatic rings. The monoisotopic (exact) mass is 249 g/mol. The first kappa shape index (κ1) is 13.2. The van der Waals surface area contributed by atoms with Gasteiger partial charge in [0.1, 0.15) is 5.75 Å². The van der Waals surface area contributed by atoms with Gasteiger partial charge in [0.15, 0.2) is 0 Å². The second-order valence-corrected chi connectivity index (χ2v) is 5.36. The summed E-state index contributed by atoms with van der Waals surface area (Å²) in [6.45, 7) is 2.95. The van der Waals surface area contributed by atoms with Crippen LogP contribution in [0.3, 0.4) is 0 Å². The number of hydrogen-bond donors (Lipinski definition) is 2. The van der Waals surface area contributed by atoms with E-state index in [0.29, 0.717) is 17.5 Å². The van der Waals surface area contributed by atoms with Gasteiger partial charge >= 0.3 is 0 Å². The molecule has 0 saturated carbocycles. The summed E-state index contributed by atoms with van der Waals surface area (Å²) >= 11 is 0. The summed E-state index contributed by atoms with van der Waals surface area (Å²) in [5, 5.41) is 9.82. The molecule has 0 aromatic heterocycles. The summed E-state index contributed by atoms with van der Waals surface area (Å²) in [4.78, 5) is 4.68. The number of likely N-dealkylation sites (tertiary alicyclic amines) is 1. The molecule has 0 spiro atoms. The predicted molar refractivity (Wildman–Crippen MR) is 74.5 cm³/mol. The number of piperidine rings is 1. The van der Waals surface area contributed by atoms with Crippen molar-refractivity contribution in [3.8, 4) is 5.75 Å². The zero-order chi connectivity index (χ0) is 13.1. The lowest BCUT2D eigenvalue weighted by molar-refractivity contribution is 0.139. The lowest BCUT2D eigenvalue weighted by Gasteiger charge is -2.35. The molecule has 3 N–H and O–H groups in total. The third-order valence-corrected chi connectivity index (χ3v) is 3.78. The Kier molecular flexibility index (Phi) is 4.09. The summed E-state index contributed by atoms with van der Waals surface area (Å²) < 4.78 is 0. The van der Waals surface area contributed by atoms with E-state index in [-0.39, 0.29) is 0 Å². The standard InChI is InChI=1S/C14H23N3O/c1-16(2)13-5-7-17(8-6-13)10-11-9-12(15)3-4-14(11)18/h3-4,9,13,18H,5-8,10,15H2,1-2H3. The van der Waals surface area contributed by atoms with Crippen LogP contribution in [0.25, 0.3) is 0 Å². The lowest BCUT2D eigenvalue weighted by atomic mass is 10.0. The highest BCUT2D eigenvalue weighted by molar-refractivity contribution is 5.47. The van der Waals surface area contributed by atoms with Gasteiger partial charge in [0.2, 0.25) is 0 Å². The Morgan fingerprint density at radius 2 is 2.00 bits per heavy atom. The van der Waals surface area contributed by atoms with E-state index in [1.807, 2.05) is 6.07 Å². The minimum absolute atomic E-state index is 0.346. The molecule has 1 aliphatic heterocycles. The van der Waals surface area contributed by atoms with Gasteiger partial charge in [-0.1, -0.05) is 0 Å². The van der Waals surface area contributed by atoms with Gasteiger partial charge in [-0.2, -0.15) is 0 Å². The Hall–Kier alpha value is -1.26. The fraction of sp³-hybridized carbons (Fsp3) is 0.571. The normalized spacial score (nSPS) is 18.4. The predicted octanol–water partition coefficient (Wildman–Crippen LogP) is 1.50. The molecule has 1 heterocycles. The largest absolute Gasteiger partial charge is 0.508 e. The van der Waals surface area contributed by atoms with Crippen LogP contribution in [0.1, 0.15) is 18.4 Å². The number of nitrogens with two attached hydrogens (primary N) is 1. The van der Waals surface area contributed by atoms with Crippen molar-refractivity contribution in [3.63, 3.8) is 0 Å². The van der Waals surface area contributed by atoms with Gasteiger partial charge in [0.05, 0.1) is 0 Å². The molecule has 2 rings (SSSR count). The van der Waals surface area contributed by atoms with Crippen LogP contribution in [0.5, 0.6) is 5.75 Å². The second kappa shape index (κ2) is 5.59. The average Bonchev–Trinajstić information content (AvgIpc) is 2.34. The van der Waals surface area contributed by atoms with Gasteiger partial charge in [0, 0.05) is 23.8 Å². The van der Waals surface area contributed by atoms with Crippen LogP contribution in [-0.4, -0.2) is 48.1 Å². The van der Waals surface area contributed by atoms with E-state index >= 15 is 0 Å². The number of nitrogens with zero attached hydrogens (tertiary/aromatic N) is 2. The van der Waals surface area contributed by atoms with Crippen molar-refractivity contribution in [3.05, 3.63) is 23.8 Å². The minimum Gasteiger partial charge on any atom is -0.508 e. The third-order valence-electron chi connectivity index (χ3n) is 3.78. The van der Waals surface area contributed by atoms with E-state index in [2.05, 4.69) is 23.9 Å². The molecule has 0 radical (unpaired) electrons. The van der Waals surface area contributed by atoms with Gasteiger partial charge in [-0.3, -0.25) is 4.90 Å². The van der Waals surface area contributed by atoms with E-state index in [1.165, 1.54) is 12.8 Å². The van der Waals surface area contributed by atoms with Gasteiger partial charge in [-0.15, -0.1) is 0 Å². The van der Waals surface area contributed by atoms with E-state index < -0.39 is 0 Å². The van der Waals surface area contributed by atoms with Crippen LogP contribution >= 0.6 is 0 Å². The zero-order valence-corrected chi connectivity index (χ0v) is 11.3. The highest BCUT2D eigenvalue weighted by atomic mass is 16.3. The van der Waals surface area contributed by atoms with Crippen molar-refractivity contribution in [2.45, 2.75) is 25.4 Å². The summed E-state index contributed by atoms with van der Waals surface area (Å²) in [6.07, 6.45) is 2.38. The smallest absolute Gasteiger partial charge is 0.120 e. The Bertz CT molecular complexity index is 398. The van der Waals surface area contributed by atoms with E-state index in [4.69, 9.17) is 5.73 Å². The van der Waals surface area contributed by atoms with Gasteiger partial charge in [0.25, 0.3) is 0 Å². The van der Waals surface area contributed by atoms with Crippen molar-refractivity contribution >= 4 is 5.69 Å². The first-order valence-electron chi connectivity index (χ1n) is 6.52. The maximum absolute atomic E-state index is 9.82. The lowest BCUT2D eigenvalue weighted by Crippen LogP contribution is -2.41. The van der Waals surface area contributed by atoms with E-state index in [9.17, 15) is 5.11 Å². The highest BCUT2D eigenvalue weighted by Gasteiger charge is 2.21. The van der Waals surface area contributed by atoms with Crippen LogP contribution in [0, 0.1) is 0 Å². The summed E-state index contributed by atoms with van der Waals surface area (Å²) in [5.41, 5.74) is 7.40. The molecule has 0 unspecified atom stereocenters. The minimum atomic E-state index is 0.346. The van der Waals surface area contributed by atoms with Crippen molar-refractivity contribution < 1.29 is 5.11 Å². The van der Waals surface area contributed by atoms with Gasteiger partial charge < -0.3 is 15.7 Å². The molecule has 1 saturated heterocycles. The number of phenols is 1. The van der Waals surface area contributed by atoms with Crippen molar-refractivity contribution in [2.75, 3.05) is 32.9 Å². The summed E-state index contributed by atoms with van der Waals surface area (Å²) in [7, 11) is 4.29. The molecule has 4 heteroatoms. The molecule has 100 valence electrons. The molecular weight excluding hydrogens is 226 g/mol. The average molecular weight is 249 g/mol. The van der Waals surface area contributed by atoms with Gasteiger partial charge in [-0.05, 0) is 58.2 Å². The number of phenolic OH excluding ortho intramolecular Hbond substituents is 1. The van der Waals surface area contributed by atoms with Crippen LogP contribution in [-0.2, 0) is 6.54 Å². The Morgan fingerprint density at radius 3 is 2.61 bits per heavy atom. The van der Waals surface area contributed by atoms with E-state index in [0.717, 1.165) is 25.2 Å². The molecule has 0 amide bonds. The summed E-state index contributed by atoms with van der Waals surface area (Å²) in [6, 6.07) is 5.97. The highest BCUT2D eigenvalue weighted by Crippen LogP contribution is 2.23. The van der Waals surface area contributed by atoms with E-state index in [1.54, 1.807) is 12.1 Å². The fourth-order valence-electron chi connectivity index (χ4n) is 2.57. The van der Waals surface area contributed by atoms with Crippen LogP contribution < -0.4 is 5.73 Å². The zero-order valence-electron chi connectivity index (χ0n) is 11.3. The van der Waals surface area contributed by atoms with Gasteiger partial charge in [-0.25, -0.2) is 0 Å². The molecule has 0 atom stereocenters. The van der Waals surface area contributed by atoms with Crippen LogP contribution in [0.2, 0.25) is 0 Å². The maximum atomic E-state index is 9.82. The quantitative estimate of drug-likeness (QED) is 0.629. The maximum Gasteiger partial charge on any atom is 0.120 e. The molecule has 0 bridgehead atoms. The molecule has 1 fully saturated rings. The molecule has 18 heavy (non-hydrogen) atoms. The molecule has 4 nitrogen and oxygen atoms in total. The third kappa shape index (κ3) is 3.15. The first-order chi connectivity index (χ1) is 8.56. The molecular formula is C14H23N3O. The number of aromatic hydroxyl groups is 1. The van der Waals surface area contributed by atoms with Crippen molar-refractivity contribution in [1.29, 1.82) is 0 Å². The number of benzene rings is 1. The number of hydrogen-bond acceptors (Lipinski definition) is 4. The second-order valence-electron chi connectivity index (χ2n) is 5.36. The first-order valence-corrected chi connectivity index (χ1v) is 6.52. The molecule has 1 aromatic rings.